The van der Waals surface area contributed by atoms with Gasteiger partial charge in [0, 0.05) is 35.4 Å². The van der Waals surface area contributed by atoms with Crippen LogP contribution in [-0.2, 0) is 6.61 Å². The Kier molecular flexibility index (Phi) is 3.27. The number of ether oxygens (including phenoxy) is 1. The molecule has 0 amide bonds. The zero-order chi connectivity index (χ0) is 20.4. The first-order chi connectivity index (χ1) is 13.8. The molecule has 0 bridgehead atoms. The van der Waals surface area contributed by atoms with Crippen molar-refractivity contribution in [2.75, 3.05) is 0 Å². The molecule has 2 aromatic heterocycles. The van der Waals surface area contributed by atoms with Crippen LogP contribution in [0.4, 0.5) is 0 Å². The lowest BCUT2D eigenvalue weighted by Crippen LogP contribution is -2.08. The molecule has 146 valence electrons. The third-order valence-electron chi connectivity index (χ3n) is 4.77. The Morgan fingerprint density at radius 3 is 2.38 bits per heavy atom. The summed E-state index contributed by atoms with van der Waals surface area (Å²) >= 11 is 0. The second kappa shape index (κ2) is 5.61. The highest BCUT2D eigenvalue weighted by molar-refractivity contribution is 5.96. The molecule has 9 nitrogen and oxygen atoms in total. The number of fused-ring (bicyclic) bond motifs is 4. The summed E-state index contributed by atoms with van der Waals surface area (Å²) in [5, 5.41) is 50.0. The number of phenolic OH excluding ortho intramolecular Hbond substituents is 4. The van der Waals surface area contributed by atoms with E-state index >= 15 is 0 Å². The smallest absolute Gasteiger partial charge is 0.348 e. The van der Waals surface area contributed by atoms with Gasteiger partial charge in [-0.25, -0.2) is 4.79 Å². The summed E-state index contributed by atoms with van der Waals surface area (Å²) in [5.41, 5.74) is -0.691. The van der Waals surface area contributed by atoms with Crippen LogP contribution in [0.3, 0.4) is 0 Å². The highest BCUT2D eigenvalue weighted by Gasteiger charge is 2.31. The van der Waals surface area contributed by atoms with Gasteiger partial charge in [0.15, 0.2) is 0 Å². The topological polar surface area (TPSA) is 154 Å². The first-order valence-corrected chi connectivity index (χ1v) is 8.36. The van der Waals surface area contributed by atoms with E-state index in [0.717, 1.165) is 18.2 Å². The largest absolute Gasteiger partial charge is 0.508 e. The van der Waals surface area contributed by atoms with E-state index in [2.05, 4.69) is 0 Å². The van der Waals surface area contributed by atoms with Gasteiger partial charge in [-0.05, 0) is 0 Å². The fourth-order valence-electron chi connectivity index (χ4n) is 3.54. The highest BCUT2D eigenvalue weighted by Crippen LogP contribution is 2.50. The Morgan fingerprint density at radius 1 is 0.862 bits per heavy atom. The third kappa shape index (κ3) is 2.30. The summed E-state index contributed by atoms with van der Waals surface area (Å²) < 4.78 is 16.3. The van der Waals surface area contributed by atoms with Crippen molar-refractivity contribution < 1.29 is 39.1 Å². The van der Waals surface area contributed by atoms with Gasteiger partial charge in [-0.3, -0.25) is 0 Å². The molecule has 0 unspecified atom stereocenters. The van der Waals surface area contributed by atoms with Crippen LogP contribution in [0, 0.1) is 0 Å². The summed E-state index contributed by atoms with van der Waals surface area (Å²) in [5.74, 6) is -1.46. The molecule has 0 aliphatic carbocycles. The van der Waals surface area contributed by atoms with Gasteiger partial charge in [-0.2, -0.15) is 0 Å². The van der Waals surface area contributed by atoms with Crippen LogP contribution < -0.4 is 10.4 Å². The van der Waals surface area contributed by atoms with E-state index in [4.69, 9.17) is 13.6 Å². The summed E-state index contributed by atoms with van der Waals surface area (Å²) in [6, 6.07) is 4.52. The molecule has 0 saturated carbocycles. The van der Waals surface area contributed by atoms with Crippen molar-refractivity contribution in [3.8, 4) is 56.9 Å². The van der Waals surface area contributed by atoms with Crippen LogP contribution in [0.5, 0.6) is 34.5 Å². The van der Waals surface area contributed by atoms with Gasteiger partial charge in [-0.15, -0.1) is 0 Å². The van der Waals surface area contributed by atoms with Crippen molar-refractivity contribution in [3.63, 3.8) is 0 Å². The van der Waals surface area contributed by atoms with Gasteiger partial charge in [0.25, 0.3) is 0 Å². The van der Waals surface area contributed by atoms with E-state index in [1.807, 2.05) is 0 Å². The summed E-state index contributed by atoms with van der Waals surface area (Å²) in [4.78, 5) is 12.6. The summed E-state index contributed by atoms with van der Waals surface area (Å²) in [7, 11) is 0. The first-order valence-electron chi connectivity index (χ1n) is 8.36. The molecular formula is C20H12O9. The molecule has 5 N–H and O–H groups in total. The Labute approximate surface area is 160 Å². The highest BCUT2D eigenvalue weighted by atomic mass is 16.5. The number of hydrogen-bond donors (Lipinski definition) is 5. The predicted molar refractivity (Wildman–Crippen MR) is 98.3 cm³/mol. The van der Waals surface area contributed by atoms with E-state index < -0.39 is 17.1 Å². The third-order valence-corrected chi connectivity index (χ3v) is 4.77. The number of phenols is 4. The minimum Gasteiger partial charge on any atom is -0.508 e. The monoisotopic (exact) mass is 396 g/mol. The molecule has 0 saturated heterocycles. The number of aromatic hydroxyl groups is 5. The lowest BCUT2D eigenvalue weighted by Gasteiger charge is -2.19. The summed E-state index contributed by atoms with van der Waals surface area (Å²) in [6.07, 6.45) is 1.20. The molecule has 0 fully saturated rings. The van der Waals surface area contributed by atoms with E-state index in [-0.39, 0.29) is 63.0 Å². The van der Waals surface area contributed by atoms with Gasteiger partial charge >= 0.3 is 5.63 Å². The van der Waals surface area contributed by atoms with E-state index in [0.29, 0.717) is 5.56 Å². The Hall–Kier alpha value is -4.27. The predicted octanol–water partition coefficient (Wildman–Crippen LogP) is 3.14. The number of furan rings is 1. The lowest BCUT2D eigenvalue weighted by molar-refractivity contribution is 0.295. The standard InChI is InChI=1S/C20H12O9/c21-7-2-12(24)17-13(3-7)27-6-10-9(5-28-19(10)17)15-18(25)16-11(23)1-8(22)4-14(16)29-20(15)26/h1-5,21-25H,6H2. The number of hydrogen-bond acceptors (Lipinski definition) is 9. The quantitative estimate of drug-likeness (QED) is 0.305. The molecule has 0 spiro atoms. The maximum Gasteiger partial charge on any atom is 0.348 e. The van der Waals surface area contributed by atoms with Gasteiger partial charge < -0.3 is 39.1 Å². The molecule has 0 atom stereocenters. The van der Waals surface area contributed by atoms with Crippen LogP contribution in [-0.4, -0.2) is 25.5 Å². The molecule has 29 heavy (non-hydrogen) atoms. The maximum absolute atomic E-state index is 12.6. The molecule has 1 aliphatic heterocycles. The fourth-order valence-corrected chi connectivity index (χ4v) is 3.54. The van der Waals surface area contributed by atoms with Gasteiger partial charge in [0.05, 0.1) is 6.26 Å². The van der Waals surface area contributed by atoms with Crippen molar-refractivity contribution >= 4 is 11.0 Å². The Bertz CT molecular complexity index is 1380. The van der Waals surface area contributed by atoms with Crippen LogP contribution in [0.15, 0.2) is 44.2 Å². The molecule has 2 aromatic carbocycles. The van der Waals surface area contributed by atoms with E-state index in [9.17, 15) is 30.3 Å². The van der Waals surface area contributed by atoms with Gasteiger partial charge in [0.2, 0.25) is 0 Å². The molecule has 3 heterocycles. The van der Waals surface area contributed by atoms with Crippen molar-refractivity contribution in [2.45, 2.75) is 6.61 Å². The van der Waals surface area contributed by atoms with Crippen LogP contribution in [0.1, 0.15) is 5.56 Å². The second-order valence-corrected chi connectivity index (χ2v) is 6.53. The molecule has 4 aromatic rings. The number of rotatable bonds is 1. The average molecular weight is 396 g/mol. The first kappa shape index (κ1) is 16.9. The van der Waals surface area contributed by atoms with Crippen LogP contribution in [0.25, 0.3) is 33.4 Å². The molecular weight excluding hydrogens is 384 g/mol. The second-order valence-electron chi connectivity index (χ2n) is 6.53. The molecule has 0 radical (unpaired) electrons. The van der Waals surface area contributed by atoms with Gasteiger partial charge in [-0.1, -0.05) is 0 Å². The molecule has 9 heteroatoms. The summed E-state index contributed by atoms with van der Waals surface area (Å²) in [6.45, 7) is -0.0739. The van der Waals surface area contributed by atoms with E-state index in [1.165, 1.54) is 12.3 Å². The SMILES string of the molecule is O=c1oc2cc(O)cc(O)c2c(O)c1-c1coc2c1COc1cc(O)cc(O)c1-2. The minimum absolute atomic E-state index is 0.0739. The van der Waals surface area contributed by atoms with E-state index in [1.54, 1.807) is 0 Å². The minimum atomic E-state index is -0.927. The normalized spacial score (nSPS) is 12.4. The van der Waals surface area contributed by atoms with Crippen LogP contribution in [0.2, 0.25) is 0 Å². The Morgan fingerprint density at radius 2 is 1.59 bits per heavy atom. The lowest BCUT2D eigenvalue weighted by atomic mass is 9.97. The van der Waals surface area contributed by atoms with Crippen molar-refractivity contribution in [1.82, 2.24) is 0 Å². The maximum atomic E-state index is 12.6. The average Bonchev–Trinajstić information content (AvgIpc) is 3.03. The zero-order valence-electron chi connectivity index (χ0n) is 14.5. The van der Waals surface area contributed by atoms with Crippen LogP contribution >= 0.6 is 0 Å². The molecule has 1 aliphatic rings. The zero-order valence-corrected chi connectivity index (χ0v) is 14.5. The molecule has 5 rings (SSSR count). The van der Waals surface area contributed by atoms with Gasteiger partial charge in [0.1, 0.15) is 69.0 Å². The fraction of sp³-hybridized carbons (Fsp3) is 0.0500. The van der Waals surface area contributed by atoms with Crippen molar-refractivity contribution in [3.05, 3.63) is 46.5 Å². The van der Waals surface area contributed by atoms with Crippen molar-refractivity contribution in [2.24, 2.45) is 0 Å². The van der Waals surface area contributed by atoms with Crippen molar-refractivity contribution in [1.29, 1.82) is 0 Å². The Balaban J connectivity index is 1.79. The number of benzene rings is 2.